The highest BCUT2D eigenvalue weighted by molar-refractivity contribution is 6.18. The van der Waals surface area contributed by atoms with E-state index in [4.69, 9.17) is 11.6 Å². The zero-order valence-corrected chi connectivity index (χ0v) is 12.1. The molecule has 0 aliphatic carbocycles. The summed E-state index contributed by atoms with van der Waals surface area (Å²) in [4.78, 5) is 0. The molecular weight excluding hydrogens is 228 g/mol. The first-order valence-corrected chi connectivity index (χ1v) is 7.27. The molecule has 0 bridgehead atoms. The molecule has 0 aliphatic heterocycles. The van der Waals surface area contributed by atoms with Gasteiger partial charge >= 0.3 is 0 Å². The third kappa shape index (κ3) is 5.59. The van der Waals surface area contributed by atoms with Gasteiger partial charge in [-0.15, -0.1) is 11.6 Å². The Morgan fingerprint density at radius 2 is 1.82 bits per heavy atom. The monoisotopic (exact) mass is 252 g/mol. The van der Waals surface area contributed by atoms with Gasteiger partial charge in [0.2, 0.25) is 0 Å². The molecule has 0 saturated carbocycles. The number of rotatable bonds is 7. The lowest BCUT2D eigenvalue weighted by molar-refractivity contribution is 0.459. The standard InChI is InChI=1S/C16H25Cl/c1-13(2)7-6-9-15(12-17)11-16-10-5-4-8-14(16)3/h4-5,8,10,13,15H,6-7,9,11-12H2,1-3H3. The molecule has 0 fully saturated rings. The van der Waals surface area contributed by atoms with Crippen LogP contribution < -0.4 is 0 Å². The predicted molar refractivity (Wildman–Crippen MR) is 77.8 cm³/mol. The van der Waals surface area contributed by atoms with Crippen LogP contribution >= 0.6 is 11.6 Å². The highest BCUT2D eigenvalue weighted by Crippen LogP contribution is 2.20. The SMILES string of the molecule is Cc1ccccc1CC(CCl)CCCC(C)C. The average Bonchev–Trinajstić information content (AvgIpc) is 2.30. The molecule has 0 N–H and O–H groups in total. The number of alkyl halides is 1. The van der Waals surface area contributed by atoms with Gasteiger partial charge in [-0.25, -0.2) is 0 Å². The Balaban J connectivity index is 2.44. The minimum Gasteiger partial charge on any atom is -0.126 e. The summed E-state index contributed by atoms with van der Waals surface area (Å²) in [7, 11) is 0. The lowest BCUT2D eigenvalue weighted by atomic mass is 9.92. The van der Waals surface area contributed by atoms with Gasteiger partial charge in [-0.2, -0.15) is 0 Å². The van der Waals surface area contributed by atoms with Crippen molar-refractivity contribution in [1.82, 2.24) is 0 Å². The van der Waals surface area contributed by atoms with E-state index in [0.717, 1.165) is 18.2 Å². The van der Waals surface area contributed by atoms with E-state index in [0.29, 0.717) is 5.92 Å². The normalized spacial score (nSPS) is 13.0. The molecule has 0 spiro atoms. The van der Waals surface area contributed by atoms with Gasteiger partial charge in [0.1, 0.15) is 0 Å². The second kappa shape index (κ2) is 7.76. The first kappa shape index (κ1) is 14.6. The maximum absolute atomic E-state index is 6.09. The minimum atomic E-state index is 0.636. The minimum absolute atomic E-state index is 0.636. The van der Waals surface area contributed by atoms with Crippen molar-refractivity contribution in [2.24, 2.45) is 11.8 Å². The lowest BCUT2D eigenvalue weighted by Gasteiger charge is -2.16. The molecule has 0 heterocycles. The second-order valence-electron chi connectivity index (χ2n) is 5.48. The molecule has 96 valence electrons. The van der Waals surface area contributed by atoms with Crippen LogP contribution in [0.2, 0.25) is 0 Å². The maximum Gasteiger partial charge on any atom is 0.0254 e. The van der Waals surface area contributed by atoms with Crippen molar-refractivity contribution >= 4 is 11.6 Å². The molecule has 1 rings (SSSR count). The molecule has 1 atom stereocenters. The van der Waals surface area contributed by atoms with Crippen LogP contribution in [0.3, 0.4) is 0 Å². The molecule has 0 aliphatic rings. The van der Waals surface area contributed by atoms with Gasteiger partial charge in [0.05, 0.1) is 0 Å². The number of aryl methyl sites for hydroxylation is 1. The van der Waals surface area contributed by atoms with E-state index in [2.05, 4.69) is 45.0 Å². The molecular formula is C16H25Cl. The molecule has 0 saturated heterocycles. The summed E-state index contributed by atoms with van der Waals surface area (Å²) in [6, 6.07) is 8.65. The summed E-state index contributed by atoms with van der Waals surface area (Å²) >= 11 is 6.09. The summed E-state index contributed by atoms with van der Waals surface area (Å²) in [5.41, 5.74) is 2.86. The fraction of sp³-hybridized carbons (Fsp3) is 0.625. The third-order valence-corrected chi connectivity index (χ3v) is 3.82. The Morgan fingerprint density at radius 3 is 2.41 bits per heavy atom. The van der Waals surface area contributed by atoms with Crippen molar-refractivity contribution in [2.75, 3.05) is 5.88 Å². The molecule has 0 nitrogen and oxygen atoms in total. The summed E-state index contributed by atoms with van der Waals surface area (Å²) in [5.74, 6) is 2.23. The molecule has 1 aromatic rings. The van der Waals surface area contributed by atoms with Crippen LogP contribution in [-0.2, 0) is 6.42 Å². The van der Waals surface area contributed by atoms with E-state index < -0.39 is 0 Å². The Hall–Kier alpha value is -0.490. The van der Waals surface area contributed by atoms with Gasteiger partial charge in [-0.3, -0.25) is 0 Å². The Labute approximate surface area is 111 Å². The third-order valence-electron chi connectivity index (χ3n) is 3.38. The molecule has 0 radical (unpaired) electrons. The second-order valence-corrected chi connectivity index (χ2v) is 5.78. The van der Waals surface area contributed by atoms with Gasteiger partial charge in [0.25, 0.3) is 0 Å². The number of halogens is 1. The Bertz CT molecular complexity index is 317. The highest BCUT2D eigenvalue weighted by Gasteiger charge is 2.10. The van der Waals surface area contributed by atoms with Crippen LogP contribution in [0.5, 0.6) is 0 Å². The quantitative estimate of drug-likeness (QED) is 0.584. The highest BCUT2D eigenvalue weighted by atomic mass is 35.5. The summed E-state index contributed by atoms with van der Waals surface area (Å²) in [5, 5.41) is 0. The van der Waals surface area contributed by atoms with Crippen LogP contribution in [0.4, 0.5) is 0 Å². The Morgan fingerprint density at radius 1 is 1.12 bits per heavy atom. The smallest absolute Gasteiger partial charge is 0.0254 e. The van der Waals surface area contributed by atoms with Crippen molar-refractivity contribution in [2.45, 2.75) is 46.5 Å². The zero-order chi connectivity index (χ0) is 12.7. The topological polar surface area (TPSA) is 0 Å². The van der Waals surface area contributed by atoms with Crippen LogP contribution in [0.25, 0.3) is 0 Å². The van der Waals surface area contributed by atoms with Crippen molar-refractivity contribution in [3.05, 3.63) is 35.4 Å². The molecule has 0 aromatic heterocycles. The zero-order valence-electron chi connectivity index (χ0n) is 11.4. The van der Waals surface area contributed by atoms with Gasteiger partial charge < -0.3 is 0 Å². The van der Waals surface area contributed by atoms with Gasteiger partial charge in [0, 0.05) is 5.88 Å². The number of benzene rings is 1. The van der Waals surface area contributed by atoms with Crippen LogP contribution in [0, 0.1) is 18.8 Å². The van der Waals surface area contributed by atoms with Gasteiger partial charge in [0.15, 0.2) is 0 Å². The summed E-state index contributed by atoms with van der Waals surface area (Å²) < 4.78 is 0. The summed E-state index contributed by atoms with van der Waals surface area (Å²) in [6.45, 7) is 6.77. The first-order valence-electron chi connectivity index (χ1n) is 6.74. The lowest BCUT2D eigenvalue weighted by Crippen LogP contribution is -2.08. The van der Waals surface area contributed by atoms with Gasteiger partial charge in [-0.05, 0) is 42.7 Å². The van der Waals surface area contributed by atoms with Crippen LogP contribution in [0.15, 0.2) is 24.3 Å². The summed E-state index contributed by atoms with van der Waals surface area (Å²) in [6.07, 6.45) is 5.02. The van der Waals surface area contributed by atoms with Crippen molar-refractivity contribution in [1.29, 1.82) is 0 Å². The number of hydrogen-bond acceptors (Lipinski definition) is 0. The maximum atomic E-state index is 6.09. The van der Waals surface area contributed by atoms with E-state index >= 15 is 0 Å². The van der Waals surface area contributed by atoms with E-state index in [1.165, 1.54) is 30.4 Å². The number of hydrogen-bond donors (Lipinski definition) is 0. The fourth-order valence-corrected chi connectivity index (χ4v) is 2.46. The van der Waals surface area contributed by atoms with E-state index in [9.17, 15) is 0 Å². The van der Waals surface area contributed by atoms with E-state index in [1.807, 2.05) is 0 Å². The van der Waals surface area contributed by atoms with Crippen LogP contribution in [-0.4, -0.2) is 5.88 Å². The van der Waals surface area contributed by atoms with Crippen molar-refractivity contribution < 1.29 is 0 Å². The molecule has 0 amide bonds. The van der Waals surface area contributed by atoms with Gasteiger partial charge in [-0.1, -0.05) is 51.0 Å². The van der Waals surface area contributed by atoms with Crippen molar-refractivity contribution in [3.8, 4) is 0 Å². The molecule has 17 heavy (non-hydrogen) atoms. The average molecular weight is 253 g/mol. The van der Waals surface area contributed by atoms with E-state index in [-0.39, 0.29) is 0 Å². The van der Waals surface area contributed by atoms with Crippen molar-refractivity contribution in [3.63, 3.8) is 0 Å². The molecule has 1 heteroatoms. The Kier molecular flexibility index (Phi) is 6.65. The van der Waals surface area contributed by atoms with Crippen LogP contribution in [0.1, 0.15) is 44.2 Å². The predicted octanol–water partition coefficient (Wildman–Crippen LogP) is 5.22. The first-order chi connectivity index (χ1) is 8.13. The van der Waals surface area contributed by atoms with E-state index in [1.54, 1.807) is 0 Å². The fourth-order valence-electron chi connectivity index (χ4n) is 2.20. The molecule has 1 aromatic carbocycles. The molecule has 1 unspecified atom stereocenters. The largest absolute Gasteiger partial charge is 0.126 e.